The first-order chi connectivity index (χ1) is 15.4. The van der Waals surface area contributed by atoms with Gasteiger partial charge in [-0.25, -0.2) is 13.4 Å². The topological polar surface area (TPSA) is 89.5 Å². The highest BCUT2D eigenvalue weighted by Crippen LogP contribution is 2.37. The minimum atomic E-state index is -3.94. The molecule has 1 aromatic heterocycles. The minimum absolute atomic E-state index is 0.0316. The highest BCUT2D eigenvalue weighted by Gasteiger charge is 2.23. The Morgan fingerprint density at radius 2 is 1.94 bits per heavy atom. The van der Waals surface area contributed by atoms with Crippen LogP contribution in [0.15, 0.2) is 47.4 Å². The van der Waals surface area contributed by atoms with Crippen molar-refractivity contribution in [2.24, 2.45) is 0 Å². The molecular formula is C22H24ClN3O4S2. The zero-order valence-electron chi connectivity index (χ0n) is 17.7. The molecule has 10 heteroatoms. The van der Waals surface area contributed by atoms with Gasteiger partial charge in [0.1, 0.15) is 10.6 Å². The van der Waals surface area contributed by atoms with Crippen molar-refractivity contribution in [2.45, 2.75) is 30.7 Å². The Kier molecular flexibility index (Phi) is 6.90. The first kappa shape index (κ1) is 22.8. The molecule has 1 aliphatic rings. The highest BCUT2D eigenvalue weighted by molar-refractivity contribution is 7.92. The lowest BCUT2D eigenvalue weighted by molar-refractivity contribution is 0.0904. The molecule has 2 N–H and O–H groups in total. The average Bonchev–Trinajstić information content (AvgIpc) is 3.15. The van der Waals surface area contributed by atoms with Gasteiger partial charge in [-0.1, -0.05) is 35.1 Å². The summed E-state index contributed by atoms with van der Waals surface area (Å²) in [6.45, 7) is 3.40. The number of aryl methyl sites for hydroxylation is 1. The summed E-state index contributed by atoms with van der Waals surface area (Å²) in [5.74, 6) is 0.246. The first-order valence-electron chi connectivity index (χ1n) is 10.1. The maximum atomic E-state index is 13.2. The van der Waals surface area contributed by atoms with E-state index in [2.05, 4.69) is 15.0 Å². The SMILES string of the molecule is COc1ccc(-c2sc(NC3CCOCC3)nc2C)cc1S(=O)(=O)Nc1ccccc1Cl. The van der Waals surface area contributed by atoms with Crippen molar-refractivity contribution in [1.29, 1.82) is 0 Å². The molecule has 2 aromatic carbocycles. The third-order valence-corrected chi connectivity index (χ3v) is 8.03. The van der Waals surface area contributed by atoms with E-state index in [9.17, 15) is 8.42 Å². The maximum Gasteiger partial charge on any atom is 0.265 e. The summed E-state index contributed by atoms with van der Waals surface area (Å²) in [5.41, 5.74) is 1.89. The fraction of sp³-hybridized carbons (Fsp3) is 0.318. The van der Waals surface area contributed by atoms with Crippen molar-refractivity contribution >= 4 is 43.8 Å². The Bertz CT molecular complexity index is 1210. The van der Waals surface area contributed by atoms with E-state index in [0.717, 1.165) is 47.3 Å². The molecule has 2 heterocycles. The number of halogens is 1. The predicted molar refractivity (Wildman–Crippen MR) is 129 cm³/mol. The van der Waals surface area contributed by atoms with E-state index in [1.54, 1.807) is 36.4 Å². The van der Waals surface area contributed by atoms with Gasteiger partial charge in [0.15, 0.2) is 5.13 Å². The molecule has 0 spiro atoms. The van der Waals surface area contributed by atoms with Crippen LogP contribution < -0.4 is 14.8 Å². The van der Waals surface area contributed by atoms with Crippen molar-refractivity contribution in [3.8, 4) is 16.2 Å². The van der Waals surface area contributed by atoms with E-state index >= 15 is 0 Å². The quantitative estimate of drug-likeness (QED) is 0.472. The van der Waals surface area contributed by atoms with E-state index in [-0.39, 0.29) is 10.6 Å². The van der Waals surface area contributed by atoms with Crippen molar-refractivity contribution in [2.75, 3.05) is 30.4 Å². The molecule has 0 amide bonds. The Labute approximate surface area is 196 Å². The number of sulfonamides is 1. The summed E-state index contributed by atoms with van der Waals surface area (Å²) < 4.78 is 39.7. The number of nitrogens with zero attached hydrogens (tertiary/aromatic N) is 1. The number of ether oxygens (including phenoxy) is 2. The van der Waals surface area contributed by atoms with Gasteiger partial charge in [-0.3, -0.25) is 4.72 Å². The fourth-order valence-electron chi connectivity index (χ4n) is 3.51. The van der Waals surface area contributed by atoms with Crippen LogP contribution in [0.25, 0.3) is 10.4 Å². The fourth-order valence-corrected chi connectivity index (χ4v) is 6.07. The number of thiazole rings is 1. The number of para-hydroxylation sites is 1. The third kappa shape index (κ3) is 5.01. The van der Waals surface area contributed by atoms with Crippen molar-refractivity contribution in [3.05, 3.63) is 53.2 Å². The van der Waals surface area contributed by atoms with Crippen LogP contribution in [0.2, 0.25) is 5.02 Å². The first-order valence-corrected chi connectivity index (χ1v) is 12.8. The number of hydrogen-bond acceptors (Lipinski definition) is 7. The van der Waals surface area contributed by atoms with Gasteiger partial charge in [0, 0.05) is 19.3 Å². The average molecular weight is 494 g/mol. The van der Waals surface area contributed by atoms with Gasteiger partial charge in [0.05, 0.1) is 28.4 Å². The van der Waals surface area contributed by atoms with Gasteiger partial charge >= 0.3 is 0 Å². The summed E-state index contributed by atoms with van der Waals surface area (Å²) in [5, 5.41) is 4.61. The Balaban J connectivity index is 1.65. The van der Waals surface area contributed by atoms with E-state index in [1.165, 1.54) is 18.4 Å². The molecule has 0 unspecified atom stereocenters. The largest absolute Gasteiger partial charge is 0.495 e. The number of hydrogen-bond donors (Lipinski definition) is 2. The Hall–Kier alpha value is -2.33. The second kappa shape index (κ2) is 9.66. The van der Waals surface area contributed by atoms with Gasteiger partial charge in [-0.05, 0) is 55.7 Å². The summed E-state index contributed by atoms with van der Waals surface area (Å²) in [6, 6.07) is 12.1. The smallest absolute Gasteiger partial charge is 0.265 e. The van der Waals surface area contributed by atoms with Crippen LogP contribution in [-0.2, 0) is 14.8 Å². The summed E-state index contributed by atoms with van der Waals surface area (Å²) >= 11 is 7.65. The molecule has 1 fully saturated rings. The minimum Gasteiger partial charge on any atom is -0.495 e. The molecule has 0 radical (unpaired) electrons. The molecule has 32 heavy (non-hydrogen) atoms. The molecule has 7 nitrogen and oxygen atoms in total. The van der Waals surface area contributed by atoms with Gasteiger partial charge < -0.3 is 14.8 Å². The zero-order valence-corrected chi connectivity index (χ0v) is 20.1. The van der Waals surface area contributed by atoms with Gasteiger partial charge in [0.2, 0.25) is 0 Å². The van der Waals surface area contributed by atoms with E-state index in [4.69, 9.17) is 21.1 Å². The lowest BCUT2D eigenvalue weighted by atomic mass is 10.1. The predicted octanol–water partition coefficient (Wildman–Crippen LogP) is 5.17. The molecule has 1 aliphatic heterocycles. The van der Waals surface area contributed by atoms with Crippen molar-refractivity contribution < 1.29 is 17.9 Å². The Morgan fingerprint density at radius 1 is 1.19 bits per heavy atom. The standard InChI is InChI=1S/C22H24ClN3O4S2/c1-14-21(31-22(24-14)25-16-9-11-30-12-10-16)15-7-8-19(29-2)20(13-15)32(27,28)26-18-6-4-3-5-17(18)23/h3-8,13,16,26H,9-12H2,1-2H3,(H,24,25). The number of methoxy groups -OCH3 is 1. The molecule has 1 saturated heterocycles. The van der Waals surface area contributed by atoms with Crippen molar-refractivity contribution in [3.63, 3.8) is 0 Å². The summed E-state index contributed by atoms with van der Waals surface area (Å²) in [6.07, 6.45) is 1.87. The number of anilines is 2. The van der Waals surface area contributed by atoms with Crippen LogP contribution in [0, 0.1) is 6.92 Å². The molecule has 4 rings (SSSR count). The molecule has 0 bridgehead atoms. The van der Waals surface area contributed by atoms with Crippen LogP contribution in [0.5, 0.6) is 5.75 Å². The lowest BCUT2D eigenvalue weighted by Gasteiger charge is -2.22. The lowest BCUT2D eigenvalue weighted by Crippen LogP contribution is -2.27. The van der Waals surface area contributed by atoms with Crippen LogP contribution >= 0.6 is 22.9 Å². The van der Waals surface area contributed by atoms with E-state index in [0.29, 0.717) is 16.8 Å². The van der Waals surface area contributed by atoms with Crippen LogP contribution in [0.1, 0.15) is 18.5 Å². The van der Waals surface area contributed by atoms with E-state index in [1.807, 2.05) is 13.0 Å². The van der Waals surface area contributed by atoms with Crippen LogP contribution in [0.4, 0.5) is 10.8 Å². The highest BCUT2D eigenvalue weighted by atomic mass is 35.5. The molecule has 0 saturated carbocycles. The summed E-state index contributed by atoms with van der Waals surface area (Å²) in [7, 11) is -2.50. The molecule has 0 aliphatic carbocycles. The second-order valence-electron chi connectivity index (χ2n) is 7.42. The number of aromatic nitrogens is 1. The van der Waals surface area contributed by atoms with Crippen LogP contribution in [0.3, 0.4) is 0 Å². The Morgan fingerprint density at radius 3 is 2.66 bits per heavy atom. The summed E-state index contributed by atoms with van der Waals surface area (Å²) in [4.78, 5) is 5.58. The normalized spacial score (nSPS) is 14.8. The second-order valence-corrected chi connectivity index (χ2v) is 10.5. The van der Waals surface area contributed by atoms with Gasteiger partial charge in [-0.15, -0.1) is 0 Å². The molecule has 170 valence electrons. The van der Waals surface area contributed by atoms with Gasteiger partial charge in [-0.2, -0.15) is 0 Å². The molecular weight excluding hydrogens is 470 g/mol. The number of benzene rings is 2. The monoisotopic (exact) mass is 493 g/mol. The van der Waals surface area contributed by atoms with Crippen LogP contribution in [-0.4, -0.2) is 39.8 Å². The van der Waals surface area contributed by atoms with Gasteiger partial charge in [0.25, 0.3) is 10.0 Å². The third-order valence-electron chi connectivity index (χ3n) is 5.18. The number of nitrogens with one attached hydrogen (secondary N) is 2. The maximum absolute atomic E-state index is 13.2. The molecule has 0 atom stereocenters. The van der Waals surface area contributed by atoms with E-state index < -0.39 is 10.0 Å². The van der Waals surface area contributed by atoms with Crippen molar-refractivity contribution in [1.82, 2.24) is 4.98 Å². The number of rotatable bonds is 7. The molecule has 3 aromatic rings. The zero-order chi connectivity index (χ0) is 22.7.